The van der Waals surface area contributed by atoms with E-state index in [0.717, 1.165) is 5.69 Å². The fourth-order valence-corrected chi connectivity index (χ4v) is 1.46. The van der Waals surface area contributed by atoms with Gasteiger partial charge in [-0.1, -0.05) is 12.1 Å². The first-order valence-electron chi connectivity index (χ1n) is 5.25. The van der Waals surface area contributed by atoms with Crippen molar-refractivity contribution >= 4 is 11.6 Å². The number of hydrogen-bond acceptors (Lipinski definition) is 4. The number of para-hydroxylation sites is 2. The maximum atomic E-state index is 11.5. The second kappa shape index (κ2) is 5.22. The van der Waals surface area contributed by atoms with Crippen LogP contribution in [0.2, 0.25) is 0 Å². The third-order valence-corrected chi connectivity index (χ3v) is 2.22. The van der Waals surface area contributed by atoms with Gasteiger partial charge in [-0.2, -0.15) is 5.10 Å². The Balaban J connectivity index is 2.25. The van der Waals surface area contributed by atoms with Crippen LogP contribution >= 0.6 is 0 Å². The molecule has 1 aromatic heterocycles. The molecule has 0 unspecified atom stereocenters. The van der Waals surface area contributed by atoms with Crippen molar-refractivity contribution in [3.8, 4) is 5.69 Å². The van der Waals surface area contributed by atoms with E-state index in [-0.39, 0.29) is 5.91 Å². The highest BCUT2D eigenvalue weighted by Gasteiger charge is 2.07. The van der Waals surface area contributed by atoms with Gasteiger partial charge in [0, 0.05) is 13.0 Å². The SMILES string of the molecule is NCCC(=O)Nc1ccccc1-n1cncn1. The number of anilines is 1. The molecule has 6 nitrogen and oxygen atoms in total. The van der Waals surface area contributed by atoms with Crippen LogP contribution in [0.25, 0.3) is 5.69 Å². The molecule has 1 amide bonds. The number of nitrogens with two attached hydrogens (primary N) is 1. The third kappa shape index (κ3) is 2.67. The summed E-state index contributed by atoms with van der Waals surface area (Å²) >= 11 is 0. The Hall–Kier alpha value is -2.21. The van der Waals surface area contributed by atoms with Gasteiger partial charge in [-0.3, -0.25) is 4.79 Å². The first kappa shape index (κ1) is 11.3. The Morgan fingerprint density at radius 2 is 2.24 bits per heavy atom. The van der Waals surface area contributed by atoms with Crippen molar-refractivity contribution in [2.24, 2.45) is 5.73 Å². The molecule has 6 heteroatoms. The number of hydrogen-bond donors (Lipinski definition) is 2. The number of nitrogens with one attached hydrogen (secondary N) is 1. The summed E-state index contributed by atoms with van der Waals surface area (Å²) in [7, 11) is 0. The first-order valence-corrected chi connectivity index (χ1v) is 5.25. The summed E-state index contributed by atoms with van der Waals surface area (Å²) in [5, 5.41) is 6.82. The Morgan fingerprint density at radius 3 is 2.94 bits per heavy atom. The summed E-state index contributed by atoms with van der Waals surface area (Å²) in [5.74, 6) is -0.111. The highest BCUT2D eigenvalue weighted by atomic mass is 16.1. The topological polar surface area (TPSA) is 85.8 Å². The number of carbonyl (C=O) groups is 1. The molecule has 3 N–H and O–H groups in total. The minimum absolute atomic E-state index is 0.111. The number of nitrogens with zero attached hydrogens (tertiary/aromatic N) is 3. The van der Waals surface area contributed by atoms with E-state index >= 15 is 0 Å². The van der Waals surface area contributed by atoms with E-state index in [1.165, 1.54) is 6.33 Å². The molecule has 2 rings (SSSR count). The van der Waals surface area contributed by atoms with Crippen LogP contribution in [0.3, 0.4) is 0 Å². The van der Waals surface area contributed by atoms with Gasteiger partial charge in [0.05, 0.1) is 11.4 Å². The summed E-state index contributed by atoms with van der Waals surface area (Å²) < 4.78 is 1.60. The van der Waals surface area contributed by atoms with Crippen LogP contribution in [-0.2, 0) is 4.79 Å². The van der Waals surface area contributed by atoms with Gasteiger partial charge in [0.25, 0.3) is 0 Å². The van der Waals surface area contributed by atoms with Gasteiger partial charge < -0.3 is 11.1 Å². The summed E-state index contributed by atoms with van der Waals surface area (Å²) in [6, 6.07) is 7.38. The number of carbonyl (C=O) groups excluding carboxylic acids is 1. The first-order chi connectivity index (χ1) is 8.31. The van der Waals surface area contributed by atoms with E-state index in [4.69, 9.17) is 5.73 Å². The second-order valence-corrected chi connectivity index (χ2v) is 3.44. The van der Waals surface area contributed by atoms with Gasteiger partial charge in [0.2, 0.25) is 5.91 Å². The quantitative estimate of drug-likeness (QED) is 0.804. The van der Waals surface area contributed by atoms with Gasteiger partial charge in [-0.05, 0) is 12.1 Å². The zero-order valence-electron chi connectivity index (χ0n) is 9.21. The van der Waals surface area contributed by atoms with Gasteiger partial charge in [-0.25, -0.2) is 9.67 Å². The van der Waals surface area contributed by atoms with Crippen molar-refractivity contribution in [3.05, 3.63) is 36.9 Å². The van der Waals surface area contributed by atoms with Crippen molar-refractivity contribution in [2.45, 2.75) is 6.42 Å². The molecular formula is C11H13N5O. The van der Waals surface area contributed by atoms with Gasteiger partial charge in [0.1, 0.15) is 12.7 Å². The molecule has 0 aliphatic carbocycles. The van der Waals surface area contributed by atoms with Gasteiger partial charge in [-0.15, -0.1) is 0 Å². The molecule has 88 valence electrons. The molecule has 1 heterocycles. The van der Waals surface area contributed by atoms with Crippen molar-refractivity contribution < 1.29 is 4.79 Å². The maximum absolute atomic E-state index is 11.5. The van der Waals surface area contributed by atoms with E-state index in [0.29, 0.717) is 18.7 Å². The lowest BCUT2D eigenvalue weighted by atomic mass is 10.2. The average Bonchev–Trinajstić information content (AvgIpc) is 2.83. The summed E-state index contributed by atoms with van der Waals surface area (Å²) in [6.07, 6.45) is 3.32. The summed E-state index contributed by atoms with van der Waals surface area (Å²) in [6.45, 7) is 0.331. The highest BCUT2D eigenvalue weighted by Crippen LogP contribution is 2.18. The predicted octanol–water partition coefficient (Wildman–Crippen LogP) is 0.555. The minimum Gasteiger partial charge on any atom is -0.330 e. The van der Waals surface area contributed by atoms with E-state index < -0.39 is 0 Å². The van der Waals surface area contributed by atoms with E-state index in [1.807, 2.05) is 24.3 Å². The fourth-order valence-electron chi connectivity index (χ4n) is 1.46. The largest absolute Gasteiger partial charge is 0.330 e. The summed E-state index contributed by atoms with van der Waals surface area (Å²) in [4.78, 5) is 15.4. The van der Waals surface area contributed by atoms with E-state index in [1.54, 1.807) is 11.0 Å². The van der Waals surface area contributed by atoms with Crippen LogP contribution in [0.15, 0.2) is 36.9 Å². The number of rotatable bonds is 4. The highest BCUT2D eigenvalue weighted by molar-refractivity contribution is 5.92. The lowest BCUT2D eigenvalue weighted by Gasteiger charge is -2.09. The molecule has 0 aliphatic rings. The van der Waals surface area contributed by atoms with Crippen LogP contribution in [0, 0.1) is 0 Å². The van der Waals surface area contributed by atoms with Crippen molar-refractivity contribution in [1.82, 2.24) is 14.8 Å². The van der Waals surface area contributed by atoms with Gasteiger partial charge >= 0.3 is 0 Å². The van der Waals surface area contributed by atoms with Gasteiger partial charge in [0.15, 0.2) is 0 Å². The molecule has 0 fully saturated rings. The molecule has 0 aliphatic heterocycles. The molecule has 17 heavy (non-hydrogen) atoms. The van der Waals surface area contributed by atoms with Crippen LogP contribution in [0.5, 0.6) is 0 Å². The molecule has 1 aromatic carbocycles. The number of benzene rings is 1. The molecule has 0 spiro atoms. The second-order valence-electron chi connectivity index (χ2n) is 3.44. The van der Waals surface area contributed by atoms with Crippen LogP contribution in [-0.4, -0.2) is 27.2 Å². The molecular weight excluding hydrogens is 218 g/mol. The number of aromatic nitrogens is 3. The molecule has 0 saturated heterocycles. The molecule has 0 atom stereocenters. The lowest BCUT2D eigenvalue weighted by Crippen LogP contribution is -2.17. The monoisotopic (exact) mass is 231 g/mol. The minimum atomic E-state index is -0.111. The van der Waals surface area contributed by atoms with Crippen molar-refractivity contribution in [1.29, 1.82) is 0 Å². The zero-order valence-corrected chi connectivity index (χ0v) is 9.21. The molecule has 0 radical (unpaired) electrons. The van der Waals surface area contributed by atoms with Crippen LogP contribution in [0.4, 0.5) is 5.69 Å². The molecule has 0 saturated carbocycles. The summed E-state index contributed by atoms with van der Waals surface area (Å²) in [5.41, 5.74) is 6.79. The zero-order chi connectivity index (χ0) is 12.1. The Kier molecular flexibility index (Phi) is 3.46. The van der Waals surface area contributed by atoms with E-state index in [9.17, 15) is 4.79 Å². The van der Waals surface area contributed by atoms with Crippen LogP contribution in [0.1, 0.15) is 6.42 Å². The Morgan fingerprint density at radius 1 is 1.41 bits per heavy atom. The Labute approximate surface area is 98.5 Å². The lowest BCUT2D eigenvalue weighted by molar-refractivity contribution is -0.116. The average molecular weight is 231 g/mol. The predicted molar refractivity (Wildman–Crippen MR) is 63.7 cm³/mol. The van der Waals surface area contributed by atoms with Crippen molar-refractivity contribution in [2.75, 3.05) is 11.9 Å². The Bertz CT molecular complexity index is 494. The number of amides is 1. The smallest absolute Gasteiger partial charge is 0.225 e. The van der Waals surface area contributed by atoms with E-state index in [2.05, 4.69) is 15.4 Å². The standard InChI is InChI=1S/C11H13N5O/c12-6-5-11(17)15-9-3-1-2-4-10(9)16-8-13-7-14-16/h1-4,7-8H,5-6,12H2,(H,15,17). The van der Waals surface area contributed by atoms with Crippen molar-refractivity contribution in [3.63, 3.8) is 0 Å². The maximum Gasteiger partial charge on any atom is 0.225 e. The fraction of sp³-hybridized carbons (Fsp3) is 0.182. The normalized spacial score (nSPS) is 10.2. The molecule has 2 aromatic rings. The van der Waals surface area contributed by atoms with Crippen LogP contribution < -0.4 is 11.1 Å². The third-order valence-electron chi connectivity index (χ3n) is 2.22. The molecule has 0 bridgehead atoms.